The number of hydrogen-bond acceptors (Lipinski definition) is 8. The van der Waals surface area contributed by atoms with E-state index >= 15 is 0 Å². The zero-order valence-corrected chi connectivity index (χ0v) is 18.6. The van der Waals surface area contributed by atoms with E-state index in [0.29, 0.717) is 48.7 Å². The molecule has 1 fully saturated rings. The fourth-order valence-corrected chi connectivity index (χ4v) is 3.63. The van der Waals surface area contributed by atoms with Gasteiger partial charge in [0, 0.05) is 23.7 Å². The normalized spacial score (nSPS) is 16.4. The van der Waals surface area contributed by atoms with Crippen molar-refractivity contribution >= 4 is 29.4 Å². The monoisotopic (exact) mass is 445 g/mol. The summed E-state index contributed by atoms with van der Waals surface area (Å²) in [5.74, 6) is 0.784. The second-order valence-electron chi connectivity index (χ2n) is 7.52. The number of carbonyl (C=O) groups is 1. The van der Waals surface area contributed by atoms with Crippen LogP contribution >= 0.6 is 11.6 Å². The second-order valence-corrected chi connectivity index (χ2v) is 7.96. The Balaban J connectivity index is 1.87. The average Bonchev–Trinajstić information content (AvgIpc) is 2.75. The van der Waals surface area contributed by atoms with Crippen LogP contribution in [-0.2, 0) is 9.53 Å². The molecule has 1 amide bonds. The van der Waals surface area contributed by atoms with Crippen molar-refractivity contribution in [2.45, 2.75) is 12.5 Å². The summed E-state index contributed by atoms with van der Waals surface area (Å²) in [6.45, 7) is 6.59. The number of amides is 1. The van der Waals surface area contributed by atoms with Crippen LogP contribution in [0.5, 0.6) is 0 Å². The van der Waals surface area contributed by atoms with Crippen LogP contribution < -0.4 is 11.1 Å². The first kappa shape index (κ1) is 22.9. The fourth-order valence-electron chi connectivity index (χ4n) is 3.39. The first-order valence-corrected chi connectivity index (χ1v) is 10.5. The number of rotatable bonds is 8. The molecule has 10 heteroatoms. The number of morpholine rings is 1. The summed E-state index contributed by atoms with van der Waals surface area (Å²) in [4.78, 5) is 29.1. The molecule has 0 aliphatic carbocycles. The van der Waals surface area contributed by atoms with E-state index in [2.05, 4.69) is 31.7 Å². The first-order valence-electron chi connectivity index (χ1n) is 10.1. The summed E-state index contributed by atoms with van der Waals surface area (Å²) in [7, 11) is 4.05. The molecule has 2 heterocycles. The molecule has 0 bridgehead atoms. The van der Waals surface area contributed by atoms with Crippen LogP contribution in [0.4, 0.5) is 11.9 Å². The van der Waals surface area contributed by atoms with Crippen molar-refractivity contribution in [2.24, 2.45) is 0 Å². The minimum atomic E-state index is -0.278. The zero-order chi connectivity index (χ0) is 22.4. The Labute approximate surface area is 187 Å². The molecule has 0 saturated carbocycles. The number of ether oxygens (including phenoxy) is 1. The Morgan fingerprint density at radius 3 is 2.94 bits per heavy atom. The van der Waals surface area contributed by atoms with Gasteiger partial charge < -0.3 is 25.6 Å². The van der Waals surface area contributed by atoms with E-state index in [1.165, 1.54) is 6.08 Å². The van der Waals surface area contributed by atoms with E-state index in [-0.39, 0.29) is 17.9 Å². The topological polar surface area (TPSA) is 110 Å². The third-order valence-corrected chi connectivity index (χ3v) is 5.09. The third-order valence-electron chi connectivity index (χ3n) is 4.87. The summed E-state index contributed by atoms with van der Waals surface area (Å²) < 4.78 is 5.61. The molecule has 1 aliphatic heterocycles. The molecule has 0 spiro atoms. The van der Waals surface area contributed by atoms with E-state index in [1.54, 1.807) is 11.0 Å². The predicted octanol–water partition coefficient (Wildman–Crippen LogP) is 2.22. The predicted molar refractivity (Wildman–Crippen MR) is 122 cm³/mol. The van der Waals surface area contributed by atoms with Gasteiger partial charge in [-0.05, 0) is 56.9 Å². The minimum absolute atomic E-state index is 0.117. The van der Waals surface area contributed by atoms with Crippen molar-refractivity contribution in [2.75, 3.05) is 58.0 Å². The van der Waals surface area contributed by atoms with Crippen LogP contribution in [0, 0.1) is 0 Å². The molecule has 2 aromatic rings. The Morgan fingerprint density at radius 2 is 2.19 bits per heavy atom. The lowest BCUT2D eigenvalue weighted by Gasteiger charge is -2.35. The highest BCUT2D eigenvalue weighted by Gasteiger charge is 2.28. The third kappa shape index (κ3) is 6.13. The van der Waals surface area contributed by atoms with Gasteiger partial charge in [0.25, 0.3) is 0 Å². The van der Waals surface area contributed by atoms with Crippen LogP contribution in [0.3, 0.4) is 0 Å². The van der Waals surface area contributed by atoms with Crippen LogP contribution in [0.15, 0.2) is 30.9 Å². The SMILES string of the molecule is C=CC(=O)N1CCOC[C@H]1c1cc(Cl)cc(-c2nc(N)nc(NCCCN(C)C)n2)c1. The lowest BCUT2D eigenvalue weighted by Crippen LogP contribution is -2.42. The number of anilines is 2. The van der Waals surface area contributed by atoms with Crippen LogP contribution in [0.1, 0.15) is 18.0 Å². The van der Waals surface area contributed by atoms with Gasteiger partial charge >= 0.3 is 0 Å². The number of nitrogens with one attached hydrogen (secondary N) is 1. The Morgan fingerprint density at radius 1 is 1.39 bits per heavy atom. The first-order chi connectivity index (χ1) is 14.9. The molecular formula is C21H28ClN7O2. The highest BCUT2D eigenvalue weighted by molar-refractivity contribution is 6.31. The minimum Gasteiger partial charge on any atom is -0.377 e. The maximum atomic E-state index is 12.3. The molecule has 9 nitrogen and oxygen atoms in total. The molecule has 31 heavy (non-hydrogen) atoms. The quantitative estimate of drug-likeness (QED) is 0.470. The van der Waals surface area contributed by atoms with Gasteiger partial charge in [-0.1, -0.05) is 18.2 Å². The number of nitrogens with zero attached hydrogens (tertiary/aromatic N) is 5. The number of aromatic nitrogens is 3. The van der Waals surface area contributed by atoms with Gasteiger partial charge in [-0.3, -0.25) is 4.79 Å². The number of halogens is 1. The average molecular weight is 446 g/mol. The lowest BCUT2D eigenvalue weighted by atomic mass is 10.0. The Bertz CT molecular complexity index is 938. The standard InChI is InChI=1S/C21H28ClN7O2/c1-4-18(30)29-8-9-31-13-17(29)14-10-15(12-16(22)11-14)19-25-20(23)27-21(26-19)24-6-5-7-28(2)3/h4,10-12,17H,1,5-9,13H2,2-3H3,(H3,23,24,25,26,27)/t17-/m0/s1. The van der Waals surface area contributed by atoms with Crippen molar-refractivity contribution in [1.29, 1.82) is 0 Å². The van der Waals surface area contributed by atoms with Crippen molar-refractivity contribution in [1.82, 2.24) is 24.8 Å². The number of nitrogen functional groups attached to an aromatic ring is 1. The molecule has 166 valence electrons. The molecule has 3 N–H and O–H groups in total. The molecule has 0 radical (unpaired) electrons. The van der Waals surface area contributed by atoms with Gasteiger partial charge in [-0.2, -0.15) is 15.0 Å². The number of carbonyl (C=O) groups excluding carboxylic acids is 1. The molecule has 1 aromatic heterocycles. The summed E-state index contributed by atoms with van der Waals surface area (Å²) in [5.41, 5.74) is 7.44. The van der Waals surface area contributed by atoms with Crippen LogP contribution in [0.2, 0.25) is 5.02 Å². The molecular weight excluding hydrogens is 418 g/mol. The Kier molecular flexibility index (Phi) is 7.78. The van der Waals surface area contributed by atoms with E-state index in [0.717, 1.165) is 18.5 Å². The summed E-state index contributed by atoms with van der Waals surface area (Å²) >= 11 is 6.40. The number of nitrogens with two attached hydrogens (primary N) is 1. The largest absolute Gasteiger partial charge is 0.377 e. The van der Waals surface area contributed by atoms with Crippen LogP contribution in [-0.4, -0.2) is 77.6 Å². The number of benzene rings is 1. The van der Waals surface area contributed by atoms with E-state index < -0.39 is 0 Å². The molecule has 1 atom stereocenters. The smallest absolute Gasteiger partial charge is 0.246 e. The lowest BCUT2D eigenvalue weighted by molar-refractivity contribution is -0.134. The summed E-state index contributed by atoms with van der Waals surface area (Å²) in [6.07, 6.45) is 2.24. The molecule has 0 unspecified atom stereocenters. The number of hydrogen-bond donors (Lipinski definition) is 2. The van der Waals surface area contributed by atoms with E-state index in [4.69, 9.17) is 22.1 Å². The molecule has 3 rings (SSSR count). The second kappa shape index (κ2) is 10.5. The van der Waals surface area contributed by atoms with Crippen LogP contribution in [0.25, 0.3) is 11.4 Å². The fraction of sp³-hybridized carbons (Fsp3) is 0.429. The van der Waals surface area contributed by atoms with E-state index in [9.17, 15) is 4.79 Å². The van der Waals surface area contributed by atoms with Gasteiger partial charge in [0.05, 0.1) is 19.3 Å². The van der Waals surface area contributed by atoms with Crippen molar-refractivity contribution in [3.63, 3.8) is 0 Å². The van der Waals surface area contributed by atoms with Gasteiger partial charge in [-0.25, -0.2) is 0 Å². The highest BCUT2D eigenvalue weighted by Crippen LogP contribution is 2.31. The van der Waals surface area contributed by atoms with Crippen molar-refractivity contribution < 1.29 is 9.53 Å². The molecule has 1 saturated heterocycles. The van der Waals surface area contributed by atoms with Crippen molar-refractivity contribution in [3.8, 4) is 11.4 Å². The maximum Gasteiger partial charge on any atom is 0.246 e. The van der Waals surface area contributed by atoms with Gasteiger partial charge in [0.2, 0.25) is 17.8 Å². The summed E-state index contributed by atoms with van der Waals surface area (Å²) in [6, 6.07) is 5.20. The van der Waals surface area contributed by atoms with Crippen molar-refractivity contribution in [3.05, 3.63) is 41.4 Å². The maximum absolute atomic E-state index is 12.3. The zero-order valence-electron chi connectivity index (χ0n) is 17.8. The van der Waals surface area contributed by atoms with E-state index in [1.807, 2.05) is 26.2 Å². The van der Waals surface area contributed by atoms with Gasteiger partial charge in [-0.15, -0.1) is 0 Å². The molecule has 1 aromatic carbocycles. The van der Waals surface area contributed by atoms with Gasteiger partial charge in [0.1, 0.15) is 0 Å². The van der Waals surface area contributed by atoms with Gasteiger partial charge in [0.15, 0.2) is 5.82 Å². The highest BCUT2D eigenvalue weighted by atomic mass is 35.5. The molecule has 1 aliphatic rings. The Hall–Kier alpha value is -2.75. The summed E-state index contributed by atoms with van der Waals surface area (Å²) in [5, 5.41) is 3.69.